The van der Waals surface area contributed by atoms with Crippen LogP contribution in [0.25, 0.3) is 0 Å². The summed E-state index contributed by atoms with van der Waals surface area (Å²) in [4.78, 5) is 22.2. The molecule has 0 saturated heterocycles. The van der Waals surface area contributed by atoms with E-state index in [1.807, 2.05) is 27.7 Å². The van der Waals surface area contributed by atoms with Crippen LogP contribution < -0.4 is 9.79 Å². The summed E-state index contributed by atoms with van der Waals surface area (Å²) >= 11 is 9.17. The molecule has 0 aliphatic heterocycles. The van der Waals surface area contributed by atoms with E-state index >= 15 is 0 Å². The van der Waals surface area contributed by atoms with Crippen molar-refractivity contribution in [3.63, 3.8) is 0 Å². The van der Waals surface area contributed by atoms with Crippen molar-refractivity contribution < 1.29 is 47.4 Å². The minimum atomic E-state index is -3.14. The molecule has 0 atom stereocenters. The van der Waals surface area contributed by atoms with Crippen LogP contribution in [-0.2, 0) is 61.2 Å². The van der Waals surface area contributed by atoms with Crippen LogP contribution >= 0.6 is 13.4 Å². The van der Waals surface area contributed by atoms with Gasteiger partial charge < -0.3 is 27.9 Å². The molecule has 0 N–H and O–H groups in total. The third-order valence-corrected chi connectivity index (χ3v) is 5.07. The van der Waals surface area contributed by atoms with Gasteiger partial charge in [-0.2, -0.15) is 0 Å². The molecule has 136 valence electrons. The Morgan fingerprint density at radius 2 is 0.783 bits per heavy atom. The molecule has 0 unspecified atom stereocenters. The van der Waals surface area contributed by atoms with E-state index in [0.29, 0.717) is 26.4 Å². The van der Waals surface area contributed by atoms with Gasteiger partial charge in [-0.15, -0.1) is 0 Å². The van der Waals surface area contributed by atoms with Crippen molar-refractivity contribution in [2.75, 3.05) is 26.4 Å². The molecule has 0 spiro atoms. The van der Waals surface area contributed by atoms with Gasteiger partial charge in [0.15, 0.2) is 0 Å². The van der Waals surface area contributed by atoms with Gasteiger partial charge in [-0.05, 0) is 25.7 Å². The molecule has 0 saturated carbocycles. The normalized spacial score (nSPS) is 11.4. The predicted octanol–water partition coefficient (Wildman–Crippen LogP) is 2.85. The molecular formula is C12H28O6P2S2Zn. The molecule has 6 nitrogen and oxygen atoms in total. The fraction of sp³-hybridized carbons (Fsp3) is 1.00. The Morgan fingerprint density at radius 3 is 0.913 bits per heavy atom. The summed E-state index contributed by atoms with van der Waals surface area (Å²) in [5, 5.41) is 0. The van der Waals surface area contributed by atoms with Crippen molar-refractivity contribution in [2.45, 2.75) is 53.4 Å². The van der Waals surface area contributed by atoms with E-state index in [1.165, 1.54) is 0 Å². The summed E-state index contributed by atoms with van der Waals surface area (Å²) in [6.45, 7) is 3.05. The van der Waals surface area contributed by atoms with Gasteiger partial charge in [-0.3, -0.25) is 0 Å². The van der Waals surface area contributed by atoms with Gasteiger partial charge in [0.05, 0.1) is 26.4 Å². The third-order valence-electron chi connectivity index (χ3n) is 1.81. The molecule has 0 aromatic carbocycles. The van der Waals surface area contributed by atoms with Crippen molar-refractivity contribution in [3.05, 3.63) is 0 Å². The minimum Gasteiger partial charge on any atom is -0.780 e. The zero-order valence-electron chi connectivity index (χ0n) is 14.5. The number of hydrogen-bond acceptors (Lipinski definition) is 8. The van der Waals surface area contributed by atoms with Crippen LogP contribution in [0.5, 0.6) is 0 Å². The van der Waals surface area contributed by atoms with Gasteiger partial charge in [0.25, 0.3) is 0 Å². The van der Waals surface area contributed by atoms with Gasteiger partial charge in [0.1, 0.15) is 13.4 Å². The van der Waals surface area contributed by atoms with Crippen molar-refractivity contribution in [3.8, 4) is 0 Å². The monoisotopic (exact) mass is 458 g/mol. The fourth-order valence-corrected chi connectivity index (χ4v) is 3.56. The average Bonchev–Trinajstić information content (AvgIpc) is 2.48. The van der Waals surface area contributed by atoms with Gasteiger partial charge in [0, 0.05) is 0 Å². The maximum Gasteiger partial charge on any atom is 2.00 e. The van der Waals surface area contributed by atoms with Crippen LogP contribution in [0.1, 0.15) is 53.4 Å². The second-order valence-corrected chi connectivity index (χ2v) is 9.73. The first-order valence-electron chi connectivity index (χ1n) is 7.44. The molecule has 0 aliphatic rings. The number of rotatable bonds is 12. The summed E-state index contributed by atoms with van der Waals surface area (Å²) < 4.78 is 19.3. The van der Waals surface area contributed by atoms with E-state index in [4.69, 9.17) is 18.1 Å². The maximum atomic E-state index is 11.1. The molecule has 11 heteroatoms. The molecule has 0 amide bonds. The molecule has 0 aromatic heterocycles. The van der Waals surface area contributed by atoms with Crippen molar-refractivity contribution >= 4 is 37.1 Å². The Morgan fingerprint density at radius 1 is 0.609 bits per heavy atom. The molecule has 0 bridgehead atoms. The van der Waals surface area contributed by atoms with E-state index in [9.17, 15) is 9.79 Å². The third kappa shape index (κ3) is 23.7. The van der Waals surface area contributed by atoms with Gasteiger partial charge in [-0.25, -0.2) is 0 Å². The smallest absolute Gasteiger partial charge is 0.780 e. The van der Waals surface area contributed by atoms with Crippen molar-refractivity contribution in [2.24, 2.45) is 0 Å². The Kier molecular flexibility index (Phi) is 23.7. The van der Waals surface area contributed by atoms with Crippen molar-refractivity contribution in [1.82, 2.24) is 0 Å². The molecular weight excluding hydrogens is 432 g/mol. The maximum absolute atomic E-state index is 11.1. The standard InChI is InChI=1S/2C6H15O3PS.Zn/c2*1-3-5-8-10(7,11)9-6-4-2;/h2*3-6H2,1-2H3,(H,7,11);/q;;+2/p-2. The largest absolute Gasteiger partial charge is 2.00 e. The van der Waals surface area contributed by atoms with E-state index < -0.39 is 13.4 Å². The Balaban J connectivity index is -0.000000333. The van der Waals surface area contributed by atoms with Crippen LogP contribution in [0.15, 0.2) is 0 Å². The Bertz CT molecular complexity index is 294. The first kappa shape index (κ1) is 29.4. The Hall–Kier alpha value is 1.68. The summed E-state index contributed by atoms with van der Waals surface area (Å²) in [7, 11) is 0. The van der Waals surface area contributed by atoms with Gasteiger partial charge >= 0.3 is 19.5 Å². The van der Waals surface area contributed by atoms with E-state index in [0.717, 1.165) is 25.7 Å². The summed E-state index contributed by atoms with van der Waals surface area (Å²) in [6.07, 6.45) is 3.21. The summed E-state index contributed by atoms with van der Waals surface area (Å²) in [6, 6.07) is 0. The molecule has 0 fully saturated rings. The van der Waals surface area contributed by atoms with Crippen molar-refractivity contribution in [1.29, 1.82) is 0 Å². The predicted molar refractivity (Wildman–Crippen MR) is 93.5 cm³/mol. The minimum absolute atomic E-state index is 0. The molecule has 23 heavy (non-hydrogen) atoms. The first-order valence-corrected chi connectivity index (χ1v) is 12.6. The van der Waals surface area contributed by atoms with Crippen LogP contribution in [0.2, 0.25) is 0 Å². The molecule has 0 aliphatic carbocycles. The first-order chi connectivity index (χ1) is 10.2. The average molecular weight is 460 g/mol. The molecule has 0 heterocycles. The quantitative estimate of drug-likeness (QED) is 0.325. The van der Waals surface area contributed by atoms with Crippen LogP contribution in [0, 0.1) is 0 Å². The SMILES string of the molecule is CCCOP([O-])(=S)OCCC.CCCOP([O-])(=S)OCCC.[Zn+2]. The number of hydrogen-bond donors (Lipinski definition) is 0. The summed E-state index contributed by atoms with van der Waals surface area (Å²) in [5.41, 5.74) is 0. The zero-order chi connectivity index (χ0) is 17.5. The van der Waals surface area contributed by atoms with Gasteiger partial charge in [-0.1, -0.05) is 51.3 Å². The van der Waals surface area contributed by atoms with E-state index in [2.05, 4.69) is 23.6 Å². The molecule has 0 rings (SSSR count). The van der Waals surface area contributed by atoms with Crippen LogP contribution in [0.3, 0.4) is 0 Å². The summed E-state index contributed by atoms with van der Waals surface area (Å²) in [5.74, 6) is 0. The molecule has 0 radical (unpaired) electrons. The van der Waals surface area contributed by atoms with E-state index in [-0.39, 0.29) is 19.5 Å². The van der Waals surface area contributed by atoms with Crippen LogP contribution in [-0.4, -0.2) is 26.4 Å². The second kappa shape index (κ2) is 18.5. The van der Waals surface area contributed by atoms with Crippen LogP contribution in [0.4, 0.5) is 0 Å². The second-order valence-electron chi connectivity index (χ2n) is 4.23. The van der Waals surface area contributed by atoms with Gasteiger partial charge in [0.2, 0.25) is 0 Å². The fourth-order valence-electron chi connectivity index (χ4n) is 0.887. The zero-order valence-corrected chi connectivity index (χ0v) is 20.9. The van der Waals surface area contributed by atoms with E-state index in [1.54, 1.807) is 0 Å². The topological polar surface area (TPSA) is 83.0 Å². The molecule has 0 aromatic rings. The Labute approximate surface area is 163 Å².